The van der Waals surface area contributed by atoms with Gasteiger partial charge < -0.3 is 14.5 Å². The second-order valence-electron chi connectivity index (χ2n) is 5.04. The van der Waals surface area contributed by atoms with Crippen molar-refractivity contribution in [3.8, 4) is 11.3 Å². The van der Waals surface area contributed by atoms with E-state index < -0.39 is 6.09 Å². The normalized spacial score (nSPS) is 10.4. The molecule has 0 spiro atoms. The maximum absolute atomic E-state index is 11.7. The first-order valence-corrected chi connectivity index (χ1v) is 8.15. The first kappa shape index (κ1) is 16.3. The van der Waals surface area contributed by atoms with Gasteiger partial charge in [-0.15, -0.1) is 0 Å². The Morgan fingerprint density at radius 2 is 2.00 bits per heavy atom. The molecule has 1 amide bonds. The monoisotopic (exact) mass is 386 g/mol. The van der Waals surface area contributed by atoms with E-state index in [0.717, 1.165) is 15.6 Å². The summed E-state index contributed by atoms with van der Waals surface area (Å²) in [6.45, 7) is 0.392. The predicted octanol–water partition coefficient (Wildman–Crippen LogP) is 4.53. The van der Waals surface area contributed by atoms with E-state index in [1.54, 1.807) is 6.20 Å². The summed E-state index contributed by atoms with van der Waals surface area (Å²) in [6.07, 6.45) is 1.12. The van der Waals surface area contributed by atoms with Crippen LogP contribution >= 0.6 is 15.9 Å². The number of ether oxygens (including phenoxy) is 1. The third kappa shape index (κ3) is 4.45. The van der Waals surface area contributed by atoms with Gasteiger partial charge in [-0.05, 0) is 17.7 Å². The zero-order valence-corrected chi connectivity index (χ0v) is 14.3. The van der Waals surface area contributed by atoms with Crippen molar-refractivity contribution in [2.75, 3.05) is 0 Å². The number of alkyl carbamates (subject to hydrolysis) is 1. The van der Waals surface area contributed by atoms with Crippen molar-refractivity contribution in [1.29, 1.82) is 0 Å². The highest BCUT2D eigenvalue weighted by Gasteiger charge is 2.09. The summed E-state index contributed by atoms with van der Waals surface area (Å²) in [5, 5.41) is 2.62. The van der Waals surface area contributed by atoms with Gasteiger partial charge in [0.15, 0.2) is 5.76 Å². The van der Waals surface area contributed by atoms with Crippen LogP contribution in [0.15, 0.2) is 69.7 Å². The van der Waals surface area contributed by atoms with Crippen LogP contribution in [-0.2, 0) is 17.9 Å². The Balaban J connectivity index is 1.51. The highest BCUT2D eigenvalue weighted by Crippen LogP contribution is 2.23. The smallest absolute Gasteiger partial charge is 0.407 e. The van der Waals surface area contributed by atoms with Crippen molar-refractivity contribution in [2.45, 2.75) is 13.2 Å². The van der Waals surface area contributed by atoms with E-state index in [1.807, 2.05) is 54.6 Å². The molecule has 122 valence electrons. The van der Waals surface area contributed by atoms with E-state index >= 15 is 0 Å². The van der Waals surface area contributed by atoms with Crippen molar-refractivity contribution in [1.82, 2.24) is 10.3 Å². The fourth-order valence-electron chi connectivity index (χ4n) is 2.09. The van der Waals surface area contributed by atoms with Crippen LogP contribution < -0.4 is 5.32 Å². The van der Waals surface area contributed by atoms with Gasteiger partial charge in [-0.1, -0.05) is 58.4 Å². The van der Waals surface area contributed by atoms with Gasteiger partial charge in [-0.2, -0.15) is 0 Å². The van der Waals surface area contributed by atoms with Gasteiger partial charge in [0.2, 0.25) is 5.89 Å². The number of hydrogen-bond acceptors (Lipinski definition) is 4. The molecule has 0 unspecified atom stereocenters. The van der Waals surface area contributed by atoms with Crippen molar-refractivity contribution < 1.29 is 13.9 Å². The maximum Gasteiger partial charge on any atom is 0.407 e. The Kier molecular flexibility index (Phi) is 5.28. The molecule has 3 rings (SSSR count). The molecule has 3 aromatic rings. The Morgan fingerprint density at radius 1 is 1.17 bits per heavy atom. The van der Waals surface area contributed by atoms with Crippen LogP contribution in [-0.4, -0.2) is 11.1 Å². The largest absolute Gasteiger partial charge is 0.445 e. The molecule has 5 nitrogen and oxygen atoms in total. The van der Waals surface area contributed by atoms with Crippen molar-refractivity contribution in [3.05, 3.63) is 76.7 Å². The minimum atomic E-state index is -0.513. The lowest BCUT2D eigenvalue weighted by Crippen LogP contribution is -2.23. The van der Waals surface area contributed by atoms with Crippen molar-refractivity contribution >= 4 is 22.0 Å². The second-order valence-corrected chi connectivity index (χ2v) is 5.96. The zero-order valence-electron chi connectivity index (χ0n) is 12.7. The summed E-state index contributed by atoms with van der Waals surface area (Å²) in [5.41, 5.74) is 1.84. The molecular formula is C18H15BrN2O3. The molecule has 0 atom stereocenters. The van der Waals surface area contributed by atoms with Crippen LogP contribution in [0, 0.1) is 0 Å². The summed E-state index contributed by atoms with van der Waals surface area (Å²) < 4.78 is 11.7. The number of carbonyl (C=O) groups is 1. The first-order valence-electron chi connectivity index (χ1n) is 7.36. The van der Waals surface area contributed by atoms with E-state index in [1.165, 1.54) is 0 Å². The van der Waals surface area contributed by atoms with Gasteiger partial charge in [-0.25, -0.2) is 9.78 Å². The molecule has 6 heteroatoms. The van der Waals surface area contributed by atoms with Crippen LogP contribution in [0.25, 0.3) is 11.3 Å². The van der Waals surface area contributed by atoms with Gasteiger partial charge >= 0.3 is 6.09 Å². The molecule has 2 aromatic carbocycles. The van der Waals surface area contributed by atoms with Crippen molar-refractivity contribution in [2.24, 2.45) is 0 Å². The number of amides is 1. The molecule has 0 aliphatic carbocycles. The zero-order chi connectivity index (χ0) is 16.8. The number of nitrogens with zero attached hydrogens (tertiary/aromatic N) is 1. The number of rotatable bonds is 5. The average Bonchev–Trinajstić information content (AvgIpc) is 3.08. The highest BCUT2D eigenvalue weighted by atomic mass is 79.9. The molecule has 0 bridgehead atoms. The summed E-state index contributed by atoms with van der Waals surface area (Å²) in [6, 6.07) is 17.2. The molecule has 0 radical (unpaired) electrons. The Morgan fingerprint density at radius 3 is 2.79 bits per heavy atom. The number of halogens is 1. The lowest BCUT2D eigenvalue weighted by atomic mass is 10.2. The third-order valence-electron chi connectivity index (χ3n) is 3.26. The number of oxazole rings is 1. The molecule has 0 saturated carbocycles. The molecule has 0 aliphatic heterocycles. The summed E-state index contributed by atoms with van der Waals surface area (Å²) in [7, 11) is 0. The third-order valence-corrected chi connectivity index (χ3v) is 3.75. The van der Waals surface area contributed by atoms with E-state index in [2.05, 4.69) is 26.2 Å². The molecule has 1 aromatic heterocycles. The van der Waals surface area contributed by atoms with Gasteiger partial charge in [0.1, 0.15) is 6.61 Å². The summed E-state index contributed by atoms with van der Waals surface area (Å²) in [5.74, 6) is 1.06. The number of carbonyl (C=O) groups excluding carboxylic acids is 1. The van der Waals surface area contributed by atoms with Crippen LogP contribution in [0.4, 0.5) is 4.79 Å². The Hall–Kier alpha value is -2.60. The van der Waals surface area contributed by atoms with E-state index in [-0.39, 0.29) is 13.2 Å². The van der Waals surface area contributed by atoms with E-state index in [0.29, 0.717) is 11.7 Å². The lowest BCUT2D eigenvalue weighted by Gasteiger charge is -2.05. The fourth-order valence-corrected chi connectivity index (χ4v) is 2.49. The molecule has 0 aliphatic rings. The Bertz CT molecular complexity index is 818. The lowest BCUT2D eigenvalue weighted by molar-refractivity contribution is 0.138. The SMILES string of the molecule is O=C(NCc1ncc(-c2cccc(Br)c2)o1)OCc1ccccc1. The summed E-state index contributed by atoms with van der Waals surface area (Å²) in [4.78, 5) is 15.9. The minimum Gasteiger partial charge on any atom is -0.445 e. The molecule has 24 heavy (non-hydrogen) atoms. The quantitative estimate of drug-likeness (QED) is 0.699. The predicted molar refractivity (Wildman–Crippen MR) is 93.1 cm³/mol. The van der Waals surface area contributed by atoms with Crippen LogP contribution in [0.1, 0.15) is 11.5 Å². The minimum absolute atomic E-state index is 0.168. The van der Waals surface area contributed by atoms with Crippen molar-refractivity contribution in [3.63, 3.8) is 0 Å². The van der Waals surface area contributed by atoms with E-state index in [9.17, 15) is 4.79 Å². The topological polar surface area (TPSA) is 64.4 Å². The van der Waals surface area contributed by atoms with Crippen LogP contribution in [0.3, 0.4) is 0 Å². The average molecular weight is 387 g/mol. The number of nitrogens with one attached hydrogen (secondary N) is 1. The standard InChI is InChI=1S/C18H15BrN2O3/c19-15-8-4-7-14(9-15)16-10-20-17(24-16)11-21-18(22)23-12-13-5-2-1-3-6-13/h1-10H,11-12H2,(H,21,22). The fraction of sp³-hybridized carbons (Fsp3) is 0.111. The second kappa shape index (κ2) is 7.79. The van der Waals surface area contributed by atoms with Gasteiger partial charge in [0.25, 0.3) is 0 Å². The number of benzene rings is 2. The molecule has 0 fully saturated rings. The molecule has 1 N–H and O–H groups in total. The Labute approximate surface area is 147 Å². The van der Waals surface area contributed by atoms with Gasteiger partial charge in [0.05, 0.1) is 12.7 Å². The highest BCUT2D eigenvalue weighted by molar-refractivity contribution is 9.10. The van der Waals surface area contributed by atoms with Gasteiger partial charge in [-0.3, -0.25) is 0 Å². The van der Waals surface area contributed by atoms with Crippen LogP contribution in [0.5, 0.6) is 0 Å². The maximum atomic E-state index is 11.7. The van der Waals surface area contributed by atoms with Gasteiger partial charge in [0, 0.05) is 10.0 Å². The number of hydrogen-bond donors (Lipinski definition) is 1. The molecular weight excluding hydrogens is 372 g/mol. The van der Waals surface area contributed by atoms with Crippen LogP contribution in [0.2, 0.25) is 0 Å². The first-order chi connectivity index (χ1) is 11.7. The number of aromatic nitrogens is 1. The summed E-state index contributed by atoms with van der Waals surface area (Å²) >= 11 is 3.42. The van der Waals surface area contributed by atoms with E-state index in [4.69, 9.17) is 9.15 Å². The molecule has 0 saturated heterocycles. The molecule has 1 heterocycles.